The average molecular weight is 206 g/mol. The van der Waals surface area contributed by atoms with Crippen LogP contribution in [0.15, 0.2) is 0 Å². The molecule has 0 aliphatic carbocycles. The van der Waals surface area contributed by atoms with Gasteiger partial charge in [0.25, 0.3) is 0 Å². The van der Waals surface area contributed by atoms with Gasteiger partial charge >= 0.3 is 89.9 Å². The fraction of sp³-hybridized carbons (Fsp3) is 0. The van der Waals surface area contributed by atoms with Gasteiger partial charge < -0.3 is 0 Å². The van der Waals surface area contributed by atoms with Gasteiger partial charge in [-0.05, 0) is 0 Å². The van der Waals surface area contributed by atoms with Crippen molar-refractivity contribution >= 4 is 37.7 Å². The molecular weight excluding hydrogens is 206 g/mol. The standard InChI is InChI=1S/Ca.Fe.Ni.V/q4*+2. The number of hydrogen-bond donors (Lipinski definition) is 0. The van der Waals surface area contributed by atoms with E-state index >= 15 is 0 Å². The predicted octanol–water partition coefficient (Wildman–Crippen LogP) is -0.388. The summed E-state index contributed by atoms with van der Waals surface area (Å²) in [5.74, 6) is 0. The minimum absolute atomic E-state index is 0. The van der Waals surface area contributed by atoms with Crippen LogP contribution in [-0.2, 0) is 52.1 Å². The Morgan fingerprint density at radius 1 is 1.00 bits per heavy atom. The second-order valence-electron chi connectivity index (χ2n) is 0. The van der Waals surface area contributed by atoms with Crippen molar-refractivity contribution in [2.75, 3.05) is 0 Å². The molecule has 0 aliphatic heterocycles. The van der Waals surface area contributed by atoms with Crippen LogP contribution in [0.1, 0.15) is 0 Å². The SMILES string of the molecule is [Ca+2].[Fe+2].[Ni+2].[V+2]. The Morgan fingerprint density at radius 3 is 1.00 bits per heavy atom. The molecule has 0 N–H and O–H groups in total. The van der Waals surface area contributed by atoms with Crippen molar-refractivity contribution in [1.82, 2.24) is 0 Å². The van der Waals surface area contributed by atoms with Gasteiger partial charge in [-0.25, -0.2) is 0 Å². The molecule has 0 saturated carbocycles. The van der Waals surface area contributed by atoms with Crippen molar-refractivity contribution in [3.8, 4) is 0 Å². The van der Waals surface area contributed by atoms with Crippen molar-refractivity contribution in [3.05, 3.63) is 0 Å². The molecular formula is CaFeNiV+8. The van der Waals surface area contributed by atoms with Crippen molar-refractivity contribution in [3.63, 3.8) is 0 Å². The Hall–Kier alpha value is 2.86. The molecule has 0 atom stereocenters. The first-order valence-electron chi connectivity index (χ1n) is 0. The van der Waals surface area contributed by atoms with Crippen molar-refractivity contribution in [2.45, 2.75) is 0 Å². The van der Waals surface area contributed by atoms with Crippen molar-refractivity contribution in [2.24, 2.45) is 0 Å². The minimum Gasteiger partial charge on any atom is 2.00 e. The van der Waals surface area contributed by atoms with E-state index in [1.165, 1.54) is 0 Å². The normalized spacial score (nSPS) is 0. The molecule has 0 unspecified atom stereocenters. The van der Waals surface area contributed by atoms with Crippen LogP contribution < -0.4 is 0 Å². The molecule has 0 saturated heterocycles. The van der Waals surface area contributed by atoms with Gasteiger partial charge in [-0.3, -0.25) is 0 Å². The van der Waals surface area contributed by atoms with Gasteiger partial charge in [0.05, 0.1) is 0 Å². The van der Waals surface area contributed by atoms with E-state index in [1.807, 2.05) is 0 Å². The Balaban J connectivity index is 0. The Morgan fingerprint density at radius 2 is 1.00 bits per heavy atom. The Labute approximate surface area is 88.1 Å². The predicted molar refractivity (Wildman–Crippen MR) is 5.75 cm³/mol. The van der Waals surface area contributed by atoms with Crippen molar-refractivity contribution in [1.29, 1.82) is 0 Å². The third kappa shape index (κ3) is 8.85. The molecule has 0 bridgehead atoms. The summed E-state index contributed by atoms with van der Waals surface area (Å²) in [4.78, 5) is 0. The summed E-state index contributed by atoms with van der Waals surface area (Å²) in [6.45, 7) is 0. The van der Waals surface area contributed by atoms with E-state index in [4.69, 9.17) is 0 Å². The van der Waals surface area contributed by atoms with Gasteiger partial charge in [0.1, 0.15) is 0 Å². The van der Waals surface area contributed by atoms with Crippen LogP contribution in [-0.4, -0.2) is 37.7 Å². The minimum atomic E-state index is 0. The van der Waals surface area contributed by atoms with Crippen LogP contribution in [0.2, 0.25) is 0 Å². The second-order valence-corrected chi connectivity index (χ2v) is 0. The molecule has 0 nitrogen and oxygen atoms in total. The zero-order chi connectivity index (χ0) is 0. The summed E-state index contributed by atoms with van der Waals surface area (Å²) >= 11 is 0. The summed E-state index contributed by atoms with van der Waals surface area (Å²) < 4.78 is 0. The van der Waals surface area contributed by atoms with Crippen molar-refractivity contribution < 1.29 is 52.1 Å². The zero-order valence-corrected chi connectivity index (χ0v) is 7.52. The Bertz CT molecular complexity index is 8.00. The van der Waals surface area contributed by atoms with E-state index in [9.17, 15) is 0 Å². The average Bonchev–Trinajstić information content (AvgIpc) is 0. The van der Waals surface area contributed by atoms with Crippen LogP contribution in [0.4, 0.5) is 0 Å². The molecule has 0 amide bonds. The van der Waals surface area contributed by atoms with Crippen LogP contribution in [0, 0.1) is 0 Å². The maximum atomic E-state index is 0. The molecule has 0 aliphatic rings. The van der Waals surface area contributed by atoms with Gasteiger partial charge in [-0.1, -0.05) is 0 Å². The molecule has 4 heavy (non-hydrogen) atoms. The van der Waals surface area contributed by atoms with Gasteiger partial charge in [0.15, 0.2) is 0 Å². The van der Waals surface area contributed by atoms with E-state index in [0.29, 0.717) is 0 Å². The molecule has 0 aromatic rings. The topological polar surface area (TPSA) is 0 Å². The van der Waals surface area contributed by atoms with E-state index in [2.05, 4.69) is 0 Å². The van der Waals surface area contributed by atoms with Crippen LogP contribution in [0.5, 0.6) is 0 Å². The molecule has 0 aromatic carbocycles. The maximum Gasteiger partial charge on any atom is 2.00 e. The molecule has 17 valence electrons. The Kier molecular flexibility index (Phi) is 122. The third-order valence-electron chi connectivity index (χ3n) is 0. The molecule has 0 aromatic heterocycles. The molecule has 0 rings (SSSR count). The van der Waals surface area contributed by atoms with Crippen LogP contribution in [0.25, 0.3) is 0 Å². The van der Waals surface area contributed by atoms with E-state index in [0.717, 1.165) is 0 Å². The zero-order valence-electron chi connectivity index (χ0n) is 1.82. The smallest absolute Gasteiger partial charge is 2.00 e. The monoisotopic (exact) mass is 205 g/mol. The molecule has 0 heterocycles. The molecule has 4 heteroatoms. The van der Waals surface area contributed by atoms with Gasteiger partial charge in [0.2, 0.25) is 0 Å². The molecule has 0 spiro atoms. The summed E-state index contributed by atoms with van der Waals surface area (Å²) in [6.07, 6.45) is 0. The first-order valence-corrected chi connectivity index (χ1v) is 0. The fourth-order valence-electron chi connectivity index (χ4n) is 0. The van der Waals surface area contributed by atoms with E-state index in [1.54, 1.807) is 0 Å². The van der Waals surface area contributed by atoms with Crippen LogP contribution in [0.3, 0.4) is 0 Å². The summed E-state index contributed by atoms with van der Waals surface area (Å²) in [7, 11) is 0. The van der Waals surface area contributed by atoms with E-state index < -0.39 is 0 Å². The number of hydrogen-bond acceptors (Lipinski definition) is 0. The first-order chi connectivity index (χ1) is 0. The second kappa shape index (κ2) is 16.9. The third-order valence-corrected chi connectivity index (χ3v) is 0. The van der Waals surface area contributed by atoms with Gasteiger partial charge in [-0.15, -0.1) is 0 Å². The summed E-state index contributed by atoms with van der Waals surface area (Å²) in [5, 5.41) is 0. The van der Waals surface area contributed by atoms with E-state index in [-0.39, 0.29) is 89.9 Å². The fourth-order valence-corrected chi connectivity index (χ4v) is 0. The number of rotatable bonds is 0. The summed E-state index contributed by atoms with van der Waals surface area (Å²) in [6, 6.07) is 0. The molecule has 1 radical (unpaired) electrons. The van der Waals surface area contributed by atoms with Gasteiger partial charge in [0, 0.05) is 0 Å². The quantitative estimate of drug-likeness (QED) is 0.473. The largest absolute Gasteiger partial charge is 2.00 e. The first kappa shape index (κ1) is 28.8. The maximum absolute atomic E-state index is 0. The molecule has 0 fully saturated rings. The van der Waals surface area contributed by atoms with Gasteiger partial charge in [-0.2, -0.15) is 0 Å². The van der Waals surface area contributed by atoms with Crippen LogP contribution >= 0.6 is 0 Å². The summed E-state index contributed by atoms with van der Waals surface area (Å²) in [5.41, 5.74) is 0.